The van der Waals surface area contributed by atoms with Crippen molar-refractivity contribution >= 4 is 11.8 Å². The van der Waals surface area contributed by atoms with Gasteiger partial charge in [-0.2, -0.15) is 0 Å². The number of ether oxygens (including phenoxy) is 1. The average molecular weight is 249 g/mol. The standard InChI is InChI=1S/C14H19NOS/c1-2-13(12-15-8-10-16-11-9-15)17-14-6-4-3-5-7-14/h3-7,12H,2,8-11H2,1H3/b13-12+. The lowest BCUT2D eigenvalue weighted by Crippen LogP contribution is -2.32. The molecule has 0 aromatic heterocycles. The van der Waals surface area contributed by atoms with Crippen LogP contribution in [0.3, 0.4) is 0 Å². The van der Waals surface area contributed by atoms with Crippen molar-refractivity contribution in [1.29, 1.82) is 0 Å². The van der Waals surface area contributed by atoms with Gasteiger partial charge in [-0.3, -0.25) is 0 Å². The van der Waals surface area contributed by atoms with Crippen molar-refractivity contribution in [1.82, 2.24) is 4.90 Å². The van der Waals surface area contributed by atoms with Gasteiger partial charge in [-0.25, -0.2) is 0 Å². The van der Waals surface area contributed by atoms with Crippen LogP contribution in [0.2, 0.25) is 0 Å². The van der Waals surface area contributed by atoms with Crippen LogP contribution in [-0.4, -0.2) is 31.2 Å². The van der Waals surface area contributed by atoms with Gasteiger partial charge in [0.15, 0.2) is 0 Å². The number of rotatable bonds is 4. The zero-order chi connectivity index (χ0) is 11.9. The molecule has 1 saturated heterocycles. The van der Waals surface area contributed by atoms with Crippen molar-refractivity contribution in [2.24, 2.45) is 0 Å². The molecular weight excluding hydrogens is 230 g/mol. The van der Waals surface area contributed by atoms with E-state index in [0.29, 0.717) is 0 Å². The minimum absolute atomic E-state index is 0.851. The van der Waals surface area contributed by atoms with E-state index in [-0.39, 0.29) is 0 Å². The van der Waals surface area contributed by atoms with Crippen LogP contribution in [0, 0.1) is 0 Å². The van der Waals surface area contributed by atoms with Gasteiger partial charge in [0, 0.05) is 29.1 Å². The number of hydrogen-bond acceptors (Lipinski definition) is 3. The number of allylic oxidation sites excluding steroid dienone is 1. The van der Waals surface area contributed by atoms with E-state index >= 15 is 0 Å². The van der Waals surface area contributed by atoms with Gasteiger partial charge >= 0.3 is 0 Å². The van der Waals surface area contributed by atoms with E-state index in [2.05, 4.69) is 48.4 Å². The fourth-order valence-electron chi connectivity index (χ4n) is 1.74. The molecule has 0 aliphatic carbocycles. The molecule has 17 heavy (non-hydrogen) atoms. The van der Waals surface area contributed by atoms with Gasteiger partial charge in [-0.05, 0) is 18.6 Å². The van der Waals surface area contributed by atoms with E-state index in [1.54, 1.807) is 0 Å². The third-order valence-electron chi connectivity index (χ3n) is 2.71. The Balaban J connectivity index is 1.98. The summed E-state index contributed by atoms with van der Waals surface area (Å²) in [5.74, 6) is 0. The molecule has 1 fully saturated rings. The predicted octanol–water partition coefficient (Wildman–Crippen LogP) is 3.36. The van der Waals surface area contributed by atoms with E-state index in [4.69, 9.17) is 4.74 Å². The summed E-state index contributed by atoms with van der Waals surface area (Å²) in [4.78, 5) is 5.09. The molecule has 0 atom stereocenters. The number of hydrogen-bond donors (Lipinski definition) is 0. The average Bonchev–Trinajstić information content (AvgIpc) is 2.40. The first kappa shape index (κ1) is 12.5. The minimum atomic E-state index is 0.851. The molecule has 1 aromatic rings. The summed E-state index contributed by atoms with van der Waals surface area (Å²) in [5.41, 5.74) is 0. The van der Waals surface area contributed by atoms with Crippen molar-refractivity contribution < 1.29 is 4.74 Å². The zero-order valence-electron chi connectivity index (χ0n) is 10.3. The first-order valence-corrected chi connectivity index (χ1v) is 6.95. The molecule has 1 aromatic carbocycles. The molecule has 1 aliphatic rings. The van der Waals surface area contributed by atoms with Crippen LogP contribution in [-0.2, 0) is 4.74 Å². The summed E-state index contributed by atoms with van der Waals surface area (Å²) in [5, 5.41) is 0. The molecule has 0 unspecified atom stereocenters. The van der Waals surface area contributed by atoms with E-state index in [9.17, 15) is 0 Å². The predicted molar refractivity (Wildman–Crippen MR) is 73.1 cm³/mol. The zero-order valence-corrected chi connectivity index (χ0v) is 11.1. The van der Waals surface area contributed by atoms with E-state index in [1.807, 2.05) is 11.8 Å². The summed E-state index contributed by atoms with van der Waals surface area (Å²) >= 11 is 1.86. The lowest BCUT2D eigenvalue weighted by molar-refractivity contribution is 0.0592. The Kier molecular flexibility index (Phi) is 4.95. The van der Waals surface area contributed by atoms with Crippen LogP contribution >= 0.6 is 11.8 Å². The molecule has 92 valence electrons. The van der Waals surface area contributed by atoms with Crippen LogP contribution in [0.15, 0.2) is 46.3 Å². The molecule has 0 spiro atoms. The normalized spacial score (nSPS) is 17.2. The first-order valence-electron chi connectivity index (χ1n) is 6.14. The Morgan fingerprint density at radius 1 is 1.29 bits per heavy atom. The second kappa shape index (κ2) is 6.72. The van der Waals surface area contributed by atoms with Crippen molar-refractivity contribution in [3.63, 3.8) is 0 Å². The summed E-state index contributed by atoms with van der Waals surface area (Å²) in [6.07, 6.45) is 3.37. The molecular formula is C14H19NOS. The molecule has 0 amide bonds. The second-order valence-electron chi connectivity index (χ2n) is 4.01. The first-order chi connectivity index (χ1) is 8.38. The Labute approximate surface area is 108 Å². The molecule has 3 heteroatoms. The van der Waals surface area contributed by atoms with Gasteiger partial charge in [-0.1, -0.05) is 36.9 Å². The molecule has 0 radical (unpaired) electrons. The lowest BCUT2D eigenvalue weighted by atomic mass is 10.4. The van der Waals surface area contributed by atoms with E-state index in [0.717, 1.165) is 32.7 Å². The van der Waals surface area contributed by atoms with Crippen LogP contribution in [0.25, 0.3) is 0 Å². The molecule has 2 rings (SSSR count). The Morgan fingerprint density at radius 2 is 2.00 bits per heavy atom. The van der Waals surface area contributed by atoms with Gasteiger partial charge in [0.25, 0.3) is 0 Å². The molecule has 1 heterocycles. The van der Waals surface area contributed by atoms with Crippen LogP contribution in [0.1, 0.15) is 13.3 Å². The highest BCUT2D eigenvalue weighted by molar-refractivity contribution is 8.03. The van der Waals surface area contributed by atoms with Crippen LogP contribution < -0.4 is 0 Å². The van der Waals surface area contributed by atoms with Gasteiger partial charge in [-0.15, -0.1) is 0 Å². The van der Waals surface area contributed by atoms with Crippen LogP contribution in [0.4, 0.5) is 0 Å². The third-order valence-corrected chi connectivity index (χ3v) is 3.88. The highest BCUT2D eigenvalue weighted by atomic mass is 32.2. The fourth-order valence-corrected chi connectivity index (χ4v) is 2.68. The van der Waals surface area contributed by atoms with Crippen molar-refractivity contribution in [3.8, 4) is 0 Å². The highest BCUT2D eigenvalue weighted by Gasteiger charge is 2.08. The van der Waals surface area contributed by atoms with Gasteiger partial charge < -0.3 is 9.64 Å². The largest absolute Gasteiger partial charge is 0.378 e. The molecule has 1 aliphatic heterocycles. The molecule has 0 bridgehead atoms. The minimum Gasteiger partial charge on any atom is -0.378 e. The Bertz CT molecular complexity index is 358. The van der Waals surface area contributed by atoms with E-state index < -0.39 is 0 Å². The topological polar surface area (TPSA) is 12.5 Å². The third kappa shape index (κ3) is 4.10. The number of morpholine rings is 1. The summed E-state index contributed by atoms with van der Waals surface area (Å²) < 4.78 is 5.36. The number of benzene rings is 1. The number of nitrogens with zero attached hydrogens (tertiary/aromatic N) is 1. The molecule has 2 nitrogen and oxygen atoms in total. The SMILES string of the molecule is CC/C(=C\N1CCOCC1)Sc1ccccc1. The molecule has 0 saturated carbocycles. The quantitative estimate of drug-likeness (QED) is 0.759. The maximum absolute atomic E-state index is 5.36. The highest BCUT2D eigenvalue weighted by Crippen LogP contribution is 2.28. The maximum atomic E-state index is 5.36. The van der Waals surface area contributed by atoms with Gasteiger partial charge in [0.2, 0.25) is 0 Å². The summed E-state index contributed by atoms with van der Waals surface area (Å²) in [6.45, 7) is 5.94. The fraction of sp³-hybridized carbons (Fsp3) is 0.429. The van der Waals surface area contributed by atoms with Crippen molar-refractivity contribution in [3.05, 3.63) is 41.4 Å². The number of thioether (sulfide) groups is 1. The summed E-state index contributed by atoms with van der Waals surface area (Å²) in [7, 11) is 0. The van der Waals surface area contributed by atoms with Crippen molar-refractivity contribution in [2.75, 3.05) is 26.3 Å². The van der Waals surface area contributed by atoms with Crippen LogP contribution in [0.5, 0.6) is 0 Å². The van der Waals surface area contributed by atoms with E-state index in [1.165, 1.54) is 9.80 Å². The lowest BCUT2D eigenvalue weighted by Gasteiger charge is -2.26. The maximum Gasteiger partial charge on any atom is 0.0642 e. The second-order valence-corrected chi connectivity index (χ2v) is 5.21. The Hall–Kier alpha value is -0.930. The summed E-state index contributed by atoms with van der Waals surface area (Å²) in [6, 6.07) is 10.6. The molecule has 0 N–H and O–H groups in total. The van der Waals surface area contributed by atoms with Crippen molar-refractivity contribution in [2.45, 2.75) is 18.2 Å². The Morgan fingerprint density at radius 3 is 2.65 bits per heavy atom. The smallest absolute Gasteiger partial charge is 0.0642 e. The monoisotopic (exact) mass is 249 g/mol. The van der Waals surface area contributed by atoms with Gasteiger partial charge in [0.05, 0.1) is 13.2 Å². The van der Waals surface area contributed by atoms with Gasteiger partial charge in [0.1, 0.15) is 0 Å².